The first-order valence-corrected chi connectivity index (χ1v) is 10.4. The zero-order valence-corrected chi connectivity index (χ0v) is 17.5. The van der Waals surface area contributed by atoms with Crippen molar-refractivity contribution in [2.45, 2.75) is 11.8 Å². The lowest BCUT2D eigenvalue weighted by atomic mass is 9.72. The Balaban J connectivity index is 1.87. The van der Waals surface area contributed by atoms with Crippen molar-refractivity contribution in [2.75, 3.05) is 12.8 Å². The molecule has 0 radical (unpaired) electrons. The molecule has 1 aliphatic rings. The fourth-order valence-electron chi connectivity index (χ4n) is 4.48. The summed E-state index contributed by atoms with van der Waals surface area (Å²) in [7, 11) is 1.64. The second kappa shape index (κ2) is 8.15. The summed E-state index contributed by atoms with van der Waals surface area (Å²) < 4.78 is 5.71. The number of anilines is 1. The standard InChI is InChI=1S/C26H22N4O2/c1-32-19-15-9-8-14-18(19)21-20(16-10-4-2-5-11-16)23(17-12-6-3-7-13-17)28-24-22(21)25(31)30-26(27)29-24/h2-15,20-21H,1H3,(H3,27,29,30,31)/t20-,21-/m0/s1. The normalized spacial score (nSPS) is 17.3. The molecule has 0 saturated heterocycles. The van der Waals surface area contributed by atoms with Gasteiger partial charge < -0.3 is 10.5 Å². The van der Waals surface area contributed by atoms with Crippen molar-refractivity contribution in [1.29, 1.82) is 0 Å². The maximum Gasteiger partial charge on any atom is 0.258 e. The largest absolute Gasteiger partial charge is 0.496 e. The molecule has 1 aromatic heterocycles. The van der Waals surface area contributed by atoms with Gasteiger partial charge in [0.1, 0.15) is 5.75 Å². The van der Waals surface area contributed by atoms with E-state index in [-0.39, 0.29) is 23.3 Å². The lowest BCUT2D eigenvalue weighted by molar-refractivity contribution is 0.406. The van der Waals surface area contributed by atoms with E-state index in [2.05, 4.69) is 22.1 Å². The molecule has 3 aromatic carbocycles. The van der Waals surface area contributed by atoms with Gasteiger partial charge in [0.2, 0.25) is 5.95 Å². The minimum absolute atomic E-state index is 0.0434. The SMILES string of the molecule is COc1ccccc1[C@@H]1c2c(nc(N)[nH]c2=O)N=C(c2ccccc2)[C@H]1c1ccccc1. The Hall–Kier alpha value is -4.19. The highest BCUT2D eigenvalue weighted by Gasteiger charge is 2.40. The number of H-pyrrole nitrogens is 1. The van der Waals surface area contributed by atoms with Gasteiger partial charge in [-0.05, 0) is 17.2 Å². The summed E-state index contributed by atoms with van der Waals surface area (Å²) >= 11 is 0. The van der Waals surface area contributed by atoms with Crippen molar-refractivity contribution in [3.8, 4) is 5.75 Å². The molecule has 4 aromatic rings. The third-order valence-corrected chi connectivity index (χ3v) is 5.82. The summed E-state index contributed by atoms with van der Waals surface area (Å²) in [5, 5.41) is 0. The second-order valence-electron chi connectivity index (χ2n) is 7.66. The quantitative estimate of drug-likeness (QED) is 0.509. The van der Waals surface area contributed by atoms with Crippen LogP contribution in [0.4, 0.5) is 11.8 Å². The number of ether oxygens (including phenoxy) is 1. The molecule has 0 fully saturated rings. The first-order valence-electron chi connectivity index (χ1n) is 10.4. The fourth-order valence-corrected chi connectivity index (χ4v) is 4.48. The molecule has 5 rings (SSSR count). The van der Waals surface area contributed by atoms with Crippen LogP contribution in [0.15, 0.2) is 94.7 Å². The van der Waals surface area contributed by atoms with Gasteiger partial charge in [0, 0.05) is 17.4 Å². The maximum atomic E-state index is 13.2. The number of rotatable bonds is 4. The number of aromatic nitrogens is 2. The minimum atomic E-state index is -0.367. The van der Waals surface area contributed by atoms with E-state index in [1.165, 1.54) is 0 Å². The lowest BCUT2D eigenvalue weighted by Crippen LogP contribution is -2.31. The number of aromatic amines is 1. The summed E-state index contributed by atoms with van der Waals surface area (Å²) in [4.78, 5) is 25.2. The van der Waals surface area contributed by atoms with E-state index in [1.54, 1.807) is 7.11 Å². The van der Waals surface area contributed by atoms with E-state index in [1.807, 2.05) is 72.8 Å². The van der Waals surface area contributed by atoms with Gasteiger partial charge in [0.05, 0.1) is 18.4 Å². The number of aliphatic imine (C=N–C) groups is 1. The molecule has 0 saturated carbocycles. The molecule has 2 heterocycles. The van der Waals surface area contributed by atoms with Crippen molar-refractivity contribution in [1.82, 2.24) is 9.97 Å². The molecule has 2 atom stereocenters. The Bertz CT molecular complexity index is 1350. The number of benzene rings is 3. The molecule has 3 N–H and O–H groups in total. The van der Waals surface area contributed by atoms with Crippen LogP contribution in [0.1, 0.15) is 34.1 Å². The molecule has 0 aliphatic carbocycles. The van der Waals surface area contributed by atoms with Gasteiger partial charge in [-0.1, -0.05) is 78.9 Å². The first kappa shape index (κ1) is 19.8. The van der Waals surface area contributed by atoms with E-state index < -0.39 is 0 Å². The molecule has 0 unspecified atom stereocenters. The number of nitrogens with one attached hydrogen (secondary N) is 1. The van der Waals surface area contributed by atoms with E-state index in [9.17, 15) is 4.79 Å². The summed E-state index contributed by atoms with van der Waals surface area (Å²) in [5.74, 6) is 0.493. The lowest BCUT2D eigenvalue weighted by Gasteiger charge is -2.34. The zero-order valence-electron chi connectivity index (χ0n) is 17.5. The molecule has 6 heteroatoms. The van der Waals surface area contributed by atoms with Crippen LogP contribution in [0.25, 0.3) is 0 Å². The van der Waals surface area contributed by atoms with Crippen LogP contribution in [0.5, 0.6) is 5.75 Å². The highest BCUT2D eigenvalue weighted by atomic mass is 16.5. The van der Waals surface area contributed by atoms with E-state index in [4.69, 9.17) is 15.5 Å². The van der Waals surface area contributed by atoms with Gasteiger partial charge in [-0.3, -0.25) is 9.78 Å². The van der Waals surface area contributed by atoms with Crippen LogP contribution in [0.2, 0.25) is 0 Å². The average Bonchev–Trinajstić information content (AvgIpc) is 2.83. The topological polar surface area (TPSA) is 93.4 Å². The third-order valence-electron chi connectivity index (χ3n) is 5.82. The van der Waals surface area contributed by atoms with Crippen LogP contribution < -0.4 is 16.0 Å². The molecule has 0 amide bonds. The van der Waals surface area contributed by atoms with Crippen molar-refractivity contribution in [3.63, 3.8) is 0 Å². The molecular weight excluding hydrogens is 400 g/mol. The number of nitrogen functional groups attached to an aromatic ring is 1. The van der Waals surface area contributed by atoms with Gasteiger partial charge in [0.25, 0.3) is 5.56 Å². The summed E-state index contributed by atoms with van der Waals surface area (Å²) in [6.07, 6.45) is 0. The van der Waals surface area contributed by atoms with Crippen molar-refractivity contribution >= 4 is 17.5 Å². The Morgan fingerprint density at radius 2 is 1.53 bits per heavy atom. The van der Waals surface area contributed by atoms with Gasteiger partial charge in [-0.25, -0.2) is 4.99 Å². The average molecular weight is 422 g/mol. The second-order valence-corrected chi connectivity index (χ2v) is 7.66. The van der Waals surface area contributed by atoms with Crippen molar-refractivity contribution < 1.29 is 4.74 Å². The van der Waals surface area contributed by atoms with E-state index in [0.29, 0.717) is 17.1 Å². The Morgan fingerprint density at radius 3 is 2.25 bits per heavy atom. The Labute approximate surface area is 185 Å². The molecule has 0 spiro atoms. The number of nitrogens with two attached hydrogens (primary N) is 1. The van der Waals surface area contributed by atoms with E-state index in [0.717, 1.165) is 22.4 Å². The fraction of sp³-hybridized carbons (Fsp3) is 0.115. The summed E-state index contributed by atoms with van der Waals surface area (Å²) in [6.45, 7) is 0. The van der Waals surface area contributed by atoms with Crippen LogP contribution in [-0.4, -0.2) is 22.8 Å². The number of methoxy groups -OCH3 is 1. The number of para-hydroxylation sites is 1. The van der Waals surface area contributed by atoms with E-state index >= 15 is 0 Å². The maximum absolute atomic E-state index is 13.2. The Kier molecular flexibility index (Phi) is 5.03. The number of fused-ring (bicyclic) bond motifs is 1. The first-order chi connectivity index (χ1) is 15.7. The monoisotopic (exact) mass is 422 g/mol. The Morgan fingerprint density at radius 1 is 0.875 bits per heavy atom. The van der Waals surface area contributed by atoms with Gasteiger partial charge >= 0.3 is 0 Å². The van der Waals surface area contributed by atoms with Gasteiger partial charge in [0.15, 0.2) is 5.82 Å². The third kappa shape index (κ3) is 3.36. The van der Waals surface area contributed by atoms with Crippen LogP contribution in [0, 0.1) is 0 Å². The van der Waals surface area contributed by atoms with Gasteiger partial charge in [-0.2, -0.15) is 4.98 Å². The summed E-state index contributed by atoms with van der Waals surface area (Å²) in [5.41, 5.74) is 9.82. The predicted octanol–water partition coefficient (Wildman–Crippen LogP) is 4.41. The van der Waals surface area contributed by atoms with Gasteiger partial charge in [-0.15, -0.1) is 0 Å². The number of hydrogen-bond donors (Lipinski definition) is 2. The molecule has 32 heavy (non-hydrogen) atoms. The summed E-state index contributed by atoms with van der Waals surface area (Å²) in [6, 6.07) is 27.8. The number of hydrogen-bond acceptors (Lipinski definition) is 5. The molecule has 0 bridgehead atoms. The zero-order chi connectivity index (χ0) is 22.1. The van der Waals surface area contributed by atoms with Crippen LogP contribution in [0.3, 0.4) is 0 Å². The van der Waals surface area contributed by atoms with Crippen molar-refractivity contribution in [3.05, 3.63) is 118 Å². The minimum Gasteiger partial charge on any atom is -0.496 e. The van der Waals surface area contributed by atoms with Crippen molar-refractivity contribution in [2.24, 2.45) is 4.99 Å². The number of nitrogens with zero attached hydrogens (tertiary/aromatic N) is 2. The predicted molar refractivity (Wildman–Crippen MR) is 126 cm³/mol. The highest BCUT2D eigenvalue weighted by Crippen LogP contribution is 2.48. The van der Waals surface area contributed by atoms with Crippen LogP contribution >= 0.6 is 0 Å². The molecule has 1 aliphatic heterocycles. The van der Waals surface area contributed by atoms with Crippen LogP contribution in [-0.2, 0) is 0 Å². The smallest absolute Gasteiger partial charge is 0.258 e. The molecule has 6 nitrogen and oxygen atoms in total. The highest BCUT2D eigenvalue weighted by molar-refractivity contribution is 6.08. The molecule has 158 valence electrons. The molecular formula is C26H22N4O2.